The molecule has 14 heteroatoms. The summed E-state index contributed by atoms with van der Waals surface area (Å²) >= 11 is 0. The van der Waals surface area contributed by atoms with Crippen molar-refractivity contribution in [1.82, 2.24) is 24.8 Å². The molecule has 9 nitrogen and oxygen atoms in total. The maximum absolute atomic E-state index is 16.8. The molecule has 6 heterocycles. The predicted octanol–water partition coefficient (Wildman–Crippen LogP) is 4.95. The molecule has 3 aromatic heterocycles. The number of nitrogens with zero attached hydrogens (tertiary/aromatic N) is 6. The molecule has 0 amide bonds. The molecule has 5 atom stereocenters. The number of pyridine rings is 2. The molecule has 4 aromatic rings. The summed E-state index contributed by atoms with van der Waals surface area (Å²) in [7, 11) is 0. The minimum Gasteiger partial charge on any atom is -0.461 e. The zero-order chi connectivity index (χ0) is 32.7. The molecule has 1 aliphatic carbocycles. The molecule has 3 aliphatic heterocycles. The van der Waals surface area contributed by atoms with Crippen molar-refractivity contribution in [2.45, 2.75) is 43.2 Å². The van der Waals surface area contributed by atoms with Gasteiger partial charge >= 0.3 is 6.01 Å². The molecule has 0 spiro atoms. The van der Waals surface area contributed by atoms with E-state index in [1.807, 2.05) is 0 Å². The van der Waals surface area contributed by atoms with Crippen LogP contribution in [0.4, 0.5) is 27.8 Å². The molecule has 1 aromatic carbocycles. The van der Waals surface area contributed by atoms with Gasteiger partial charge in [-0.15, -0.1) is 0 Å². The van der Waals surface area contributed by atoms with Gasteiger partial charge < -0.3 is 19.1 Å². The van der Waals surface area contributed by atoms with Gasteiger partial charge in [-0.05, 0) is 31.5 Å². The maximum Gasteiger partial charge on any atom is 0.319 e. The molecule has 0 unspecified atom stereocenters. The lowest BCUT2D eigenvalue weighted by Crippen LogP contribution is -2.43. The van der Waals surface area contributed by atoms with Crippen LogP contribution in [0.25, 0.3) is 32.9 Å². The highest BCUT2D eigenvalue weighted by molar-refractivity contribution is 6.01. The second-order valence-electron chi connectivity index (χ2n) is 11.9. The van der Waals surface area contributed by atoms with Gasteiger partial charge in [0.15, 0.2) is 17.4 Å². The van der Waals surface area contributed by atoms with Gasteiger partial charge in [0.05, 0.1) is 32.9 Å². The third kappa shape index (κ3) is 4.63. The number of halogens is 5. The van der Waals surface area contributed by atoms with Crippen LogP contribution in [0, 0.1) is 17.6 Å². The number of fused-ring (bicyclic) bond motifs is 4. The summed E-state index contributed by atoms with van der Waals surface area (Å²) in [5, 5.41) is 0.443. The van der Waals surface area contributed by atoms with Crippen LogP contribution >= 0.6 is 0 Å². The largest absolute Gasteiger partial charge is 0.461 e. The molecule has 0 N–H and O–H groups in total. The third-order valence-electron chi connectivity index (χ3n) is 9.31. The first-order valence-electron chi connectivity index (χ1n) is 15.8. The Bertz CT molecular complexity index is 1890. The fraction of sp³-hybridized carbons (Fsp3) is 0.484. The monoisotopic (exact) mass is 630 g/mol. The highest BCUT2D eigenvalue weighted by Crippen LogP contribution is 2.46. The van der Waals surface area contributed by atoms with Gasteiger partial charge in [-0.3, -0.25) is 14.9 Å². The normalized spacial score (nSPS) is 28.9. The lowest BCUT2D eigenvalue weighted by molar-refractivity contribution is 0.107. The molecular formula is C31H29F5N6O3. The van der Waals surface area contributed by atoms with E-state index in [2.05, 4.69) is 19.9 Å². The smallest absolute Gasteiger partial charge is 0.319 e. The average molecular weight is 631 g/mol. The van der Waals surface area contributed by atoms with Crippen LogP contribution in [-0.4, -0.2) is 95.0 Å². The fourth-order valence-corrected chi connectivity index (χ4v) is 7.15. The number of aromatic nitrogens is 4. The number of hydrogen-bond donors (Lipinski definition) is 0. The first-order valence-corrected chi connectivity index (χ1v) is 14.8. The van der Waals surface area contributed by atoms with E-state index in [1.165, 1.54) is 24.7 Å². The van der Waals surface area contributed by atoms with Crippen molar-refractivity contribution in [3.8, 4) is 23.0 Å². The summed E-state index contributed by atoms with van der Waals surface area (Å²) in [6, 6.07) is 1.31. The number of ether oxygens (including phenoxy) is 3. The van der Waals surface area contributed by atoms with E-state index in [0.29, 0.717) is 24.8 Å². The van der Waals surface area contributed by atoms with Crippen LogP contribution in [0.3, 0.4) is 0 Å². The van der Waals surface area contributed by atoms with Crippen molar-refractivity contribution in [3.63, 3.8) is 0 Å². The van der Waals surface area contributed by atoms with Gasteiger partial charge in [-0.25, -0.2) is 22.0 Å². The van der Waals surface area contributed by atoms with Gasteiger partial charge in [0.2, 0.25) is 6.86 Å². The molecule has 8 rings (SSSR count). The molecule has 1 saturated carbocycles. The summed E-state index contributed by atoms with van der Waals surface area (Å²) in [5.41, 5.74) is -1.95. The number of anilines is 1. The lowest BCUT2D eigenvalue weighted by atomic mass is 9.95. The minimum absolute atomic E-state index is 0.0162. The van der Waals surface area contributed by atoms with E-state index in [1.54, 1.807) is 9.80 Å². The van der Waals surface area contributed by atoms with Crippen molar-refractivity contribution in [2.75, 3.05) is 51.2 Å². The number of benzene rings is 1. The Morgan fingerprint density at radius 1 is 1.11 bits per heavy atom. The van der Waals surface area contributed by atoms with Crippen molar-refractivity contribution in [1.29, 1.82) is 0 Å². The average Bonchev–Trinajstić information content (AvgIpc) is 3.40. The Hall–Kier alpha value is -3.91. The summed E-state index contributed by atoms with van der Waals surface area (Å²) in [6.07, 6.45) is 2.32. The van der Waals surface area contributed by atoms with E-state index in [-0.39, 0.29) is 66.1 Å². The quantitative estimate of drug-likeness (QED) is 0.264. The maximum atomic E-state index is 16.8. The van der Waals surface area contributed by atoms with Crippen LogP contribution in [0.2, 0.25) is 0 Å². The van der Waals surface area contributed by atoms with Gasteiger partial charge in [0.1, 0.15) is 35.9 Å². The molecule has 4 aliphatic rings. The number of rotatable bonds is 7. The Morgan fingerprint density at radius 2 is 2.00 bits per heavy atom. The highest BCUT2D eigenvalue weighted by atomic mass is 19.2. The summed E-state index contributed by atoms with van der Waals surface area (Å²) in [5.74, 6) is -2.71. The van der Waals surface area contributed by atoms with E-state index < -0.39 is 66.7 Å². The second kappa shape index (κ2) is 10.9. The van der Waals surface area contributed by atoms with Gasteiger partial charge in [-0.2, -0.15) is 9.97 Å². The van der Waals surface area contributed by atoms with Crippen molar-refractivity contribution < 1.29 is 38.9 Å². The molecule has 0 bridgehead atoms. The van der Waals surface area contributed by atoms with E-state index in [4.69, 9.17) is 17.0 Å². The van der Waals surface area contributed by atoms with Crippen LogP contribution < -0.4 is 14.4 Å². The fourth-order valence-electron chi connectivity index (χ4n) is 7.15. The summed E-state index contributed by atoms with van der Waals surface area (Å²) < 4.78 is 109. The molecule has 4 fully saturated rings. The molecule has 236 valence electrons. The van der Waals surface area contributed by atoms with Crippen molar-refractivity contribution in [3.05, 3.63) is 42.4 Å². The van der Waals surface area contributed by atoms with E-state index in [0.717, 1.165) is 6.07 Å². The lowest BCUT2D eigenvalue weighted by Gasteiger charge is -2.31. The van der Waals surface area contributed by atoms with Gasteiger partial charge in [0.25, 0.3) is 0 Å². The molecule has 0 radical (unpaired) electrons. The zero-order valence-corrected chi connectivity index (χ0v) is 23.9. The third-order valence-corrected chi connectivity index (χ3v) is 9.31. The number of hydrogen-bond acceptors (Lipinski definition) is 9. The zero-order valence-electron chi connectivity index (χ0n) is 25.9. The van der Waals surface area contributed by atoms with Gasteiger partial charge in [0, 0.05) is 60.4 Å². The van der Waals surface area contributed by atoms with Gasteiger partial charge in [-0.1, -0.05) is 0 Å². The predicted molar refractivity (Wildman–Crippen MR) is 153 cm³/mol. The Morgan fingerprint density at radius 3 is 2.87 bits per heavy atom. The first kappa shape index (κ1) is 26.3. The van der Waals surface area contributed by atoms with Crippen molar-refractivity contribution in [2.24, 2.45) is 5.92 Å². The topological polar surface area (TPSA) is 85.7 Å². The Balaban J connectivity index is 1.31. The summed E-state index contributed by atoms with van der Waals surface area (Å²) in [6.45, 7) is -2.63. The highest BCUT2D eigenvalue weighted by Gasteiger charge is 2.56. The SMILES string of the molecule is [2H]C([2H])(Oc1nc(N2CCOC[C@H]3[C@H](F)[C@H]32)c2cnc(-c3cncc4ccc(F)c(OCF)c34)c(F)c2n1)[C@@]12CCCN1C[C@H](F)C2. The van der Waals surface area contributed by atoms with Crippen LogP contribution in [-0.2, 0) is 4.74 Å². The standard InChI is InChI=1S/C31H29F5N6O3/c32-15-45-28-21(34)3-2-16-9-37-10-18(22(16)28)25-24(36)26-19(11-38-25)29(42-6-7-43-13-20-23(35)27(20)42)40-30(39-26)44-14-31-4-1-5-41(31)12-17(33)8-31/h2-3,9-11,17,20,23,27H,1,4-8,12-15H2/t17-,20+,23+,27+,31+/m1/s1/i14D2. The van der Waals surface area contributed by atoms with Crippen LogP contribution in [0.5, 0.6) is 11.8 Å². The Kier molecular flexibility index (Phi) is 6.35. The molecule has 3 saturated heterocycles. The Labute approximate surface area is 257 Å². The van der Waals surface area contributed by atoms with E-state index >= 15 is 4.39 Å². The molecule has 45 heavy (non-hydrogen) atoms. The molecular weight excluding hydrogens is 599 g/mol. The number of alkyl halides is 3. The first-order chi connectivity index (χ1) is 22.6. The second-order valence-corrected chi connectivity index (χ2v) is 11.9. The van der Waals surface area contributed by atoms with Crippen LogP contribution in [0.15, 0.2) is 30.7 Å². The van der Waals surface area contributed by atoms with Crippen LogP contribution in [0.1, 0.15) is 22.0 Å². The van der Waals surface area contributed by atoms with E-state index in [9.17, 15) is 17.6 Å². The van der Waals surface area contributed by atoms with Crippen molar-refractivity contribution >= 4 is 27.5 Å². The summed E-state index contributed by atoms with van der Waals surface area (Å²) in [4.78, 5) is 20.6. The minimum atomic E-state index is -2.48.